The van der Waals surface area contributed by atoms with Crippen LogP contribution in [0.15, 0.2) is 18.2 Å². The number of halogens is 1. The van der Waals surface area contributed by atoms with E-state index in [0.29, 0.717) is 0 Å². The van der Waals surface area contributed by atoms with Gasteiger partial charge in [-0.3, -0.25) is 0 Å². The van der Waals surface area contributed by atoms with E-state index in [1.165, 1.54) is 5.56 Å². The Hall–Kier alpha value is -0.730. The number of aryl methyl sites for hydroxylation is 1. The van der Waals surface area contributed by atoms with Crippen LogP contribution in [0.2, 0.25) is 5.02 Å². The lowest BCUT2D eigenvalue weighted by atomic mass is 10.1. The molecule has 78 valence electrons. The van der Waals surface area contributed by atoms with Crippen molar-refractivity contribution >= 4 is 11.6 Å². The average molecular weight is 214 g/mol. The molecule has 0 aliphatic carbocycles. The summed E-state index contributed by atoms with van der Waals surface area (Å²) >= 11 is 6.09. The Kier molecular flexibility index (Phi) is 4.77. The van der Waals surface area contributed by atoms with Crippen LogP contribution < -0.4 is 10.1 Å². The molecule has 1 rings (SSSR count). The molecule has 0 saturated heterocycles. The molecule has 14 heavy (non-hydrogen) atoms. The molecule has 0 radical (unpaired) electrons. The highest BCUT2D eigenvalue weighted by molar-refractivity contribution is 6.31. The summed E-state index contributed by atoms with van der Waals surface area (Å²) in [5.74, 6) is 0.812. The van der Waals surface area contributed by atoms with Crippen LogP contribution in [0.5, 0.6) is 5.75 Å². The predicted octanol–water partition coefficient (Wildman–Crippen LogP) is 2.50. The maximum absolute atomic E-state index is 6.09. The lowest BCUT2D eigenvalue weighted by molar-refractivity contribution is 0.414. The third-order valence-corrected chi connectivity index (χ3v) is 2.48. The molecular formula is C11H16ClNO. The summed E-state index contributed by atoms with van der Waals surface area (Å²) in [4.78, 5) is 0. The quantitative estimate of drug-likeness (QED) is 0.759. The minimum absolute atomic E-state index is 0.792. The van der Waals surface area contributed by atoms with Gasteiger partial charge in [0.25, 0.3) is 0 Å². The summed E-state index contributed by atoms with van der Waals surface area (Å²) in [5, 5.41) is 3.90. The Morgan fingerprint density at radius 3 is 2.79 bits per heavy atom. The van der Waals surface area contributed by atoms with Gasteiger partial charge in [0.1, 0.15) is 5.75 Å². The minimum atomic E-state index is 0.792. The van der Waals surface area contributed by atoms with Gasteiger partial charge >= 0.3 is 0 Å². The van der Waals surface area contributed by atoms with E-state index >= 15 is 0 Å². The number of benzene rings is 1. The zero-order chi connectivity index (χ0) is 10.4. The van der Waals surface area contributed by atoms with Gasteiger partial charge in [0.05, 0.1) is 7.11 Å². The SMILES string of the molecule is CNCCCc1ccc(OC)cc1Cl. The molecule has 3 heteroatoms. The fraction of sp³-hybridized carbons (Fsp3) is 0.455. The third kappa shape index (κ3) is 3.20. The summed E-state index contributed by atoms with van der Waals surface area (Å²) < 4.78 is 5.08. The number of hydrogen-bond donors (Lipinski definition) is 1. The van der Waals surface area contributed by atoms with E-state index in [0.717, 1.165) is 30.2 Å². The first-order valence-electron chi connectivity index (χ1n) is 4.75. The monoisotopic (exact) mass is 213 g/mol. The lowest BCUT2D eigenvalue weighted by Crippen LogP contribution is -2.08. The Labute approximate surface area is 90.2 Å². The molecule has 1 aromatic carbocycles. The molecule has 0 aliphatic heterocycles. The zero-order valence-corrected chi connectivity index (χ0v) is 9.40. The molecule has 0 heterocycles. The fourth-order valence-electron chi connectivity index (χ4n) is 1.31. The van der Waals surface area contributed by atoms with Crippen molar-refractivity contribution in [1.82, 2.24) is 5.32 Å². The molecule has 2 nitrogen and oxygen atoms in total. The smallest absolute Gasteiger partial charge is 0.120 e. The molecule has 0 aliphatic rings. The molecular weight excluding hydrogens is 198 g/mol. The molecule has 0 amide bonds. The van der Waals surface area contributed by atoms with Crippen molar-refractivity contribution in [2.45, 2.75) is 12.8 Å². The van der Waals surface area contributed by atoms with Gasteiger partial charge in [0.15, 0.2) is 0 Å². The summed E-state index contributed by atoms with van der Waals surface area (Å²) in [6, 6.07) is 5.83. The van der Waals surface area contributed by atoms with Crippen LogP contribution in [-0.2, 0) is 6.42 Å². The van der Waals surface area contributed by atoms with Crippen LogP contribution in [0.4, 0.5) is 0 Å². The van der Waals surface area contributed by atoms with E-state index in [9.17, 15) is 0 Å². The van der Waals surface area contributed by atoms with Crippen molar-refractivity contribution in [3.63, 3.8) is 0 Å². The van der Waals surface area contributed by atoms with Crippen LogP contribution >= 0.6 is 11.6 Å². The van der Waals surface area contributed by atoms with Gasteiger partial charge < -0.3 is 10.1 Å². The van der Waals surface area contributed by atoms with Crippen LogP contribution in [0.25, 0.3) is 0 Å². The standard InChI is InChI=1S/C11H16ClNO/c1-13-7-3-4-9-5-6-10(14-2)8-11(9)12/h5-6,8,13H,3-4,7H2,1-2H3. The molecule has 0 atom stereocenters. The van der Waals surface area contributed by atoms with Crippen molar-refractivity contribution in [3.05, 3.63) is 28.8 Å². The van der Waals surface area contributed by atoms with Gasteiger partial charge in [-0.05, 0) is 44.1 Å². The van der Waals surface area contributed by atoms with E-state index in [1.807, 2.05) is 25.2 Å². The largest absolute Gasteiger partial charge is 0.497 e. The van der Waals surface area contributed by atoms with E-state index < -0.39 is 0 Å². The molecule has 0 bridgehead atoms. The van der Waals surface area contributed by atoms with Crippen molar-refractivity contribution in [2.75, 3.05) is 20.7 Å². The lowest BCUT2D eigenvalue weighted by Gasteiger charge is -2.06. The highest BCUT2D eigenvalue weighted by Crippen LogP contribution is 2.23. The second kappa shape index (κ2) is 5.89. The topological polar surface area (TPSA) is 21.3 Å². The summed E-state index contributed by atoms with van der Waals surface area (Å²) in [5.41, 5.74) is 1.18. The Morgan fingerprint density at radius 2 is 2.21 bits per heavy atom. The van der Waals surface area contributed by atoms with Gasteiger partial charge in [-0.2, -0.15) is 0 Å². The molecule has 1 aromatic rings. The number of methoxy groups -OCH3 is 1. The molecule has 0 unspecified atom stereocenters. The van der Waals surface area contributed by atoms with E-state index in [2.05, 4.69) is 5.32 Å². The highest BCUT2D eigenvalue weighted by Gasteiger charge is 2.01. The number of rotatable bonds is 5. The van der Waals surface area contributed by atoms with Crippen molar-refractivity contribution in [3.8, 4) is 5.75 Å². The number of hydrogen-bond acceptors (Lipinski definition) is 2. The van der Waals surface area contributed by atoms with Crippen molar-refractivity contribution in [1.29, 1.82) is 0 Å². The third-order valence-electron chi connectivity index (χ3n) is 2.13. The highest BCUT2D eigenvalue weighted by atomic mass is 35.5. The minimum Gasteiger partial charge on any atom is -0.497 e. The van der Waals surface area contributed by atoms with E-state index in [-0.39, 0.29) is 0 Å². The van der Waals surface area contributed by atoms with Crippen molar-refractivity contribution in [2.24, 2.45) is 0 Å². The van der Waals surface area contributed by atoms with E-state index in [1.54, 1.807) is 7.11 Å². The van der Waals surface area contributed by atoms with E-state index in [4.69, 9.17) is 16.3 Å². The van der Waals surface area contributed by atoms with Gasteiger partial charge in [0, 0.05) is 5.02 Å². The Bertz CT molecular complexity index is 289. The summed E-state index contributed by atoms with van der Waals surface area (Å²) in [7, 11) is 3.60. The second-order valence-corrected chi connectivity index (χ2v) is 3.57. The molecule has 0 spiro atoms. The first-order valence-corrected chi connectivity index (χ1v) is 5.12. The van der Waals surface area contributed by atoms with Crippen LogP contribution in [0.1, 0.15) is 12.0 Å². The maximum Gasteiger partial charge on any atom is 0.120 e. The fourth-order valence-corrected chi connectivity index (χ4v) is 1.58. The Morgan fingerprint density at radius 1 is 1.43 bits per heavy atom. The van der Waals surface area contributed by atoms with Crippen LogP contribution in [0, 0.1) is 0 Å². The maximum atomic E-state index is 6.09. The van der Waals surface area contributed by atoms with Gasteiger partial charge in [-0.1, -0.05) is 17.7 Å². The second-order valence-electron chi connectivity index (χ2n) is 3.16. The summed E-state index contributed by atoms with van der Waals surface area (Å²) in [6.45, 7) is 1.02. The molecule has 1 N–H and O–H groups in total. The van der Waals surface area contributed by atoms with Gasteiger partial charge in [-0.15, -0.1) is 0 Å². The summed E-state index contributed by atoms with van der Waals surface area (Å²) in [6.07, 6.45) is 2.10. The molecule has 0 fully saturated rings. The number of nitrogens with one attached hydrogen (secondary N) is 1. The zero-order valence-electron chi connectivity index (χ0n) is 8.64. The van der Waals surface area contributed by atoms with Gasteiger partial charge in [0.2, 0.25) is 0 Å². The first kappa shape index (κ1) is 11.3. The van der Waals surface area contributed by atoms with Crippen LogP contribution in [0.3, 0.4) is 0 Å². The molecule has 0 saturated carbocycles. The predicted molar refractivity (Wildman–Crippen MR) is 60.3 cm³/mol. The normalized spacial score (nSPS) is 10.2. The van der Waals surface area contributed by atoms with Crippen molar-refractivity contribution < 1.29 is 4.74 Å². The molecule has 0 aromatic heterocycles. The Balaban J connectivity index is 2.59. The average Bonchev–Trinajstić information content (AvgIpc) is 2.20. The number of ether oxygens (including phenoxy) is 1. The first-order chi connectivity index (χ1) is 6.77. The van der Waals surface area contributed by atoms with Gasteiger partial charge in [-0.25, -0.2) is 0 Å². The van der Waals surface area contributed by atoms with Crippen LogP contribution in [-0.4, -0.2) is 20.7 Å².